The molecule has 0 aliphatic carbocycles. The number of hydrogen-bond donors (Lipinski definition) is 1. The van der Waals surface area contributed by atoms with Crippen LogP contribution in [0.15, 0.2) is 61.1 Å². The number of aromatic nitrogens is 4. The summed E-state index contributed by atoms with van der Waals surface area (Å²) in [4.78, 5) is 22.9. The third kappa shape index (κ3) is 5.06. The summed E-state index contributed by atoms with van der Waals surface area (Å²) < 4.78 is 1.59. The van der Waals surface area contributed by atoms with Crippen molar-refractivity contribution in [3.8, 4) is 11.3 Å². The van der Waals surface area contributed by atoms with Crippen molar-refractivity contribution >= 4 is 17.0 Å². The van der Waals surface area contributed by atoms with Gasteiger partial charge in [-0.2, -0.15) is 0 Å². The Bertz CT molecular complexity index is 1050. The Kier molecular flexibility index (Phi) is 6.93. The second-order valence-electron chi connectivity index (χ2n) is 5.65. The number of para-hydroxylation sites is 2. The van der Waals surface area contributed by atoms with E-state index in [1.165, 1.54) is 12.5 Å². The molecule has 0 saturated heterocycles. The Morgan fingerprint density at radius 1 is 1.07 bits per heavy atom. The maximum Gasteiger partial charge on any atom is 0.356 e. The van der Waals surface area contributed by atoms with Crippen molar-refractivity contribution in [3.05, 3.63) is 78.5 Å². The molecule has 0 unspecified atom stereocenters. The van der Waals surface area contributed by atoms with Crippen molar-refractivity contribution < 1.29 is 30.0 Å². The molecule has 0 saturated carbocycles. The van der Waals surface area contributed by atoms with E-state index >= 15 is 0 Å². The van der Waals surface area contributed by atoms with Gasteiger partial charge in [0.05, 0.1) is 17.4 Å². The van der Waals surface area contributed by atoms with Crippen molar-refractivity contribution in [3.63, 3.8) is 0 Å². The molecule has 0 bridgehead atoms. The van der Waals surface area contributed by atoms with E-state index in [4.69, 9.17) is 5.11 Å². The van der Waals surface area contributed by atoms with Crippen molar-refractivity contribution in [2.45, 2.75) is 6.92 Å². The molecule has 4 rings (SSSR count). The number of aromatic carboxylic acids is 1. The number of fused-ring (bicyclic) bond motifs is 1. The van der Waals surface area contributed by atoms with Gasteiger partial charge in [-0.15, -0.1) is 35.9 Å². The maximum atomic E-state index is 10.1. The molecule has 7 heteroatoms. The molecule has 0 spiro atoms. The van der Waals surface area contributed by atoms with Gasteiger partial charge >= 0.3 is 5.97 Å². The third-order valence-corrected chi connectivity index (χ3v) is 3.63. The molecule has 2 aromatic heterocycles. The fourth-order valence-corrected chi connectivity index (χ4v) is 2.41. The molecule has 4 aromatic rings. The minimum atomic E-state index is -0.990. The van der Waals surface area contributed by atoms with Crippen LogP contribution in [-0.2, 0) is 27.2 Å². The van der Waals surface area contributed by atoms with Crippen LogP contribution in [0.1, 0.15) is 16.2 Å². The van der Waals surface area contributed by atoms with Crippen LogP contribution in [0.2, 0.25) is 0 Å². The van der Waals surface area contributed by atoms with Crippen molar-refractivity contribution in [1.29, 1.82) is 0 Å². The second kappa shape index (κ2) is 9.16. The molecule has 139 valence electrons. The number of aryl methyl sites for hydroxylation is 2. The number of carboxylic acid groups (broad SMARTS) is 1. The fraction of sp³-hybridized carbons (Fsp3) is 0.100. The van der Waals surface area contributed by atoms with E-state index in [1.54, 1.807) is 11.6 Å². The Morgan fingerprint density at radius 2 is 1.74 bits per heavy atom. The number of rotatable bonds is 2. The minimum absolute atomic E-state index is 0. The van der Waals surface area contributed by atoms with Gasteiger partial charge in [0.25, 0.3) is 0 Å². The molecule has 0 aliphatic rings. The molecular weight excluding hydrogens is 520 g/mol. The monoisotopic (exact) mass is 538 g/mol. The van der Waals surface area contributed by atoms with Gasteiger partial charge < -0.3 is 9.67 Å². The minimum Gasteiger partial charge on any atom is -0.476 e. The van der Waals surface area contributed by atoms with E-state index in [2.05, 4.69) is 21.0 Å². The summed E-state index contributed by atoms with van der Waals surface area (Å²) >= 11 is 0. The Balaban J connectivity index is 0.000000224. The average molecular weight is 538 g/mol. The van der Waals surface area contributed by atoms with E-state index in [-0.39, 0.29) is 25.8 Å². The van der Waals surface area contributed by atoms with Gasteiger partial charge in [-0.05, 0) is 19.1 Å². The number of benzene rings is 2. The molecule has 0 atom stereocenters. The van der Waals surface area contributed by atoms with Crippen molar-refractivity contribution in [2.75, 3.05) is 0 Å². The van der Waals surface area contributed by atoms with Crippen LogP contribution >= 0.6 is 0 Å². The SMILES string of the molecule is Cc1nc2ccccc2nc1-c1[c-]cccc1.Cn1cnc(C(=O)O)c1.[Ir]. The number of nitrogens with zero attached hydrogens (tertiary/aromatic N) is 4. The maximum absolute atomic E-state index is 10.1. The molecule has 2 aromatic carbocycles. The Morgan fingerprint density at radius 3 is 2.26 bits per heavy atom. The van der Waals surface area contributed by atoms with E-state index in [9.17, 15) is 4.79 Å². The molecule has 0 fully saturated rings. The zero-order chi connectivity index (χ0) is 18.5. The van der Waals surface area contributed by atoms with Crippen LogP contribution in [-0.4, -0.2) is 30.6 Å². The zero-order valence-electron chi connectivity index (χ0n) is 14.8. The van der Waals surface area contributed by atoms with Crippen LogP contribution < -0.4 is 0 Å². The summed E-state index contributed by atoms with van der Waals surface area (Å²) in [6.07, 6.45) is 2.89. The molecule has 0 amide bonds. The summed E-state index contributed by atoms with van der Waals surface area (Å²) in [6.45, 7) is 1.98. The predicted molar refractivity (Wildman–Crippen MR) is 98.7 cm³/mol. The summed E-state index contributed by atoms with van der Waals surface area (Å²) in [6, 6.07) is 18.9. The Hall–Kier alpha value is -2.89. The largest absolute Gasteiger partial charge is 0.476 e. The summed E-state index contributed by atoms with van der Waals surface area (Å²) in [5.41, 5.74) is 4.77. The van der Waals surface area contributed by atoms with Gasteiger partial charge in [-0.25, -0.2) is 9.78 Å². The van der Waals surface area contributed by atoms with Gasteiger partial charge in [-0.1, -0.05) is 12.1 Å². The zero-order valence-corrected chi connectivity index (χ0v) is 17.1. The summed E-state index contributed by atoms with van der Waals surface area (Å²) in [5, 5.41) is 8.32. The summed E-state index contributed by atoms with van der Waals surface area (Å²) in [7, 11) is 1.72. The summed E-state index contributed by atoms with van der Waals surface area (Å²) in [5.74, 6) is -0.990. The normalized spacial score (nSPS) is 9.85. The van der Waals surface area contributed by atoms with Crippen LogP contribution in [0.4, 0.5) is 0 Å². The first kappa shape index (κ1) is 20.4. The molecule has 27 heavy (non-hydrogen) atoms. The molecule has 0 aliphatic heterocycles. The molecular formula is C20H17IrN4O2-. The van der Waals surface area contributed by atoms with Crippen molar-refractivity contribution in [2.24, 2.45) is 7.05 Å². The van der Waals surface area contributed by atoms with E-state index in [0.29, 0.717) is 0 Å². The number of carbonyl (C=O) groups is 1. The van der Waals surface area contributed by atoms with E-state index in [1.807, 2.05) is 55.5 Å². The first-order valence-corrected chi connectivity index (χ1v) is 7.96. The van der Waals surface area contributed by atoms with Crippen LogP contribution in [0.5, 0.6) is 0 Å². The van der Waals surface area contributed by atoms with Gasteiger partial charge in [0.1, 0.15) is 0 Å². The van der Waals surface area contributed by atoms with E-state index in [0.717, 1.165) is 28.0 Å². The second-order valence-corrected chi connectivity index (χ2v) is 5.65. The predicted octanol–water partition coefficient (Wildman–Crippen LogP) is 3.52. The van der Waals surface area contributed by atoms with Crippen LogP contribution in [0.25, 0.3) is 22.3 Å². The van der Waals surface area contributed by atoms with Gasteiger partial charge in [0.2, 0.25) is 0 Å². The first-order chi connectivity index (χ1) is 12.5. The van der Waals surface area contributed by atoms with Gasteiger partial charge in [0.15, 0.2) is 5.69 Å². The fourth-order valence-electron chi connectivity index (χ4n) is 2.41. The average Bonchev–Trinajstić information content (AvgIpc) is 3.09. The van der Waals surface area contributed by atoms with E-state index < -0.39 is 5.97 Å². The topological polar surface area (TPSA) is 80.9 Å². The van der Waals surface area contributed by atoms with Gasteiger partial charge in [-0.3, -0.25) is 9.97 Å². The first-order valence-electron chi connectivity index (χ1n) is 7.96. The van der Waals surface area contributed by atoms with Crippen LogP contribution in [0.3, 0.4) is 0 Å². The van der Waals surface area contributed by atoms with Gasteiger partial charge in [0, 0.05) is 44.7 Å². The third-order valence-electron chi connectivity index (χ3n) is 3.63. The standard InChI is InChI=1S/C15H11N2.C5H6N2O2.Ir/c1-11-15(12-7-3-2-4-8-12)17-14-10-6-5-9-13(14)16-11;1-7-2-4(5(8)9)6-3-7;/h2-7,9-10H,1H3;2-3H,1H3,(H,8,9);/q-1;;. The molecule has 6 nitrogen and oxygen atoms in total. The van der Waals surface area contributed by atoms with Crippen LogP contribution in [0, 0.1) is 13.0 Å². The molecule has 2 heterocycles. The Labute approximate surface area is 170 Å². The quantitative estimate of drug-likeness (QED) is 0.396. The number of carboxylic acids is 1. The smallest absolute Gasteiger partial charge is 0.356 e. The van der Waals surface area contributed by atoms with Crippen molar-refractivity contribution in [1.82, 2.24) is 19.5 Å². The molecule has 1 N–H and O–H groups in total. The number of imidazole rings is 1. The number of hydrogen-bond acceptors (Lipinski definition) is 4. The molecule has 1 radical (unpaired) electrons.